The predicted octanol–water partition coefficient (Wildman–Crippen LogP) is 2.31. The zero-order valence-corrected chi connectivity index (χ0v) is 11.2. The van der Waals surface area contributed by atoms with Crippen LogP contribution in [0.3, 0.4) is 0 Å². The molecule has 4 heteroatoms. The molecule has 1 aromatic heterocycles. The molecule has 0 spiro atoms. The molecule has 17 heavy (non-hydrogen) atoms. The predicted molar refractivity (Wildman–Crippen MR) is 71.1 cm³/mol. The number of carbonyl (C=O) groups is 1. The highest BCUT2D eigenvalue weighted by atomic mass is 32.1. The van der Waals surface area contributed by atoms with Crippen molar-refractivity contribution in [2.24, 2.45) is 5.92 Å². The van der Waals surface area contributed by atoms with Crippen LogP contribution in [0.15, 0.2) is 17.5 Å². The van der Waals surface area contributed by atoms with E-state index in [2.05, 4.69) is 23.6 Å². The fraction of sp³-hybridized carbons (Fsp3) is 0.615. The molecular weight excluding hydrogens is 232 g/mol. The maximum atomic E-state index is 12.1. The van der Waals surface area contributed by atoms with Crippen molar-refractivity contribution in [3.8, 4) is 0 Å². The molecule has 0 saturated carbocycles. The van der Waals surface area contributed by atoms with E-state index < -0.39 is 0 Å². The molecule has 1 aliphatic heterocycles. The second-order valence-electron chi connectivity index (χ2n) is 4.80. The quantitative estimate of drug-likeness (QED) is 0.867. The maximum absolute atomic E-state index is 12.1. The average molecular weight is 252 g/mol. The highest BCUT2D eigenvalue weighted by Crippen LogP contribution is 2.20. The van der Waals surface area contributed by atoms with Gasteiger partial charge in [0, 0.05) is 4.88 Å². The van der Waals surface area contributed by atoms with Crippen LogP contribution in [-0.4, -0.2) is 18.5 Å². The van der Waals surface area contributed by atoms with Crippen LogP contribution in [0.5, 0.6) is 0 Å². The third-order valence-corrected chi connectivity index (χ3v) is 4.44. The van der Waals surface area contributed by atoms with Crippen LogP contribution in [0.2, 0.25) is 0 Å². The molecule has 1 aliphatic rings. The third-order valence-electron chi connectivity index (χ3n) is 3.38. The van der Waals surface area contributed by atoms with E-state index in [1.54, 1.807) is 11.3 Å². The summed E-state index contributed by atoms with van der Waals surface area (Å²) in [5.74, 6) is 0.567. The lowest BCUT2D eigenvalue weighted by Crippen LogP contribution is -2.51. The van der Waals surface area contributed by atoms with E-state index in [1.807, 2.05) is 18.4 Å². The molecule has 2 rings (SSSR count). The molecule has 0 bridgehead atoms. The summed E-state index contributed by atoms with van der Waals surface area (Å²) >= 11 is 1.69. The molecule has 2 unspecified atom stereocenters. The Labute approximate surface area is 107 Å². The van der Waals surface area contributed by atoms with Crippen LogP contribution in [0.4, 0.5) is 0 Å². The van der Waals surface area contributed by atoms with Gasteiger partial charge in [0.2, 0.25) is 5.91 Å². The van der Waals surface area contributed by atoms with Crippen molar-refractivity contribution >= 4 is 17.2 Å². The van der Waals surface area contributed by atoms with Gasteiger partial charge in [-0.3, -0.25) is 4.79 Å². The fourth-order valence-corrected chi connectivity index (χ4v) is 3.05. The minimum absolute atomic E-state index is 0.0221. The van der Waals surface area contributed by atoms with Crippen LogP contribution >= 0.6 is 11.3 Å². The summed E-state index contributed by atoms with van der Waals surface area (Å²) < 4.78 is 0. The number of amides is 1. The molecule has 94 valence electrons. The van der Waals surface area contributed by atoms with Gasteiger partial charge in [-0.25, -0.2) is 0 Å². The monoisotopic (exact) mass is 252 g/mol. The van der Waals surface area contributed by atoms with E-state index in [1.165, 1.54) is 11.3 Å². The van der Waals surface area contributed by atoms with Crippen molar-refractivity contribution in [2.45, 2.75) is 38.8 Å². The van der Waals surface area contributed by atoms with Gasteiger partial charge in [-0.1, -0.05) is 13.0 Å². The van der Waals surface area contributed by atoms with Crippen LogP contribution in [0, 0.1) is 5.92 Å². The summed E-state index contributed by atoms with van der Waals surface area (Å²) in [5.41, 5.74) is 0. The van der Waals surface area contributed by atoms with Crippen LogP contribution < -0.4 is 10.6 Å². The number of rotatable bonds is 3. The van der Waals surface area contributed by atoms with E-state index in [0.717, 1.165) is 13.0 Å². The second-order valence-corrected chi connectivity index (χ2v) is 5.78. The first-order valence-corrected chi connectivity index (χ1v) is 7.13. The first-order valence-electron chi connectivity index (χ1n) is 6.25. The normalized spacial score (nSPS) is 26.5. The van der Waals surface area contributed by atoms with Gasteiger partial charge < -0.3 is 10.6 Å². The van der Waals surface area contributed by atoms with Crippen molar-refractivity contribution in [3.05, 3.63) is 22.4 Å². The number of piperidine rings is 1. The van der Waals surface area contributed by atoms with E-state index in [0.29, 0.717) is 5.92 Å². The van der Waals surface area contributed by atoms with Crippen molar-refractivity contribution in [1.29, 1.82) is 0 Å². The van der Waals surface area contributed by atoms with Gasteiger partial charge in [0.15, 0.2) is 0 Å². The smallest absolute Gasteiger partial charge is 0.237 e. The Hall–Kier alpha value is -0.870. The number of hydrogen-bond acceptors (Lipinski definition) is 3. The largest absolute Gasteiger partial charge is 0.347 e. The topological polar surface area (TPSA) is 41.1 Å². The van der Waals surface area contributed by atoms with E-state index >= 15 is 0 Å². The van der Waals surface area contributed by atoms with Gasteiger partial charge in [0.05, 0.1) is 12.1 Å². The van der Waals surface area contributed by atoms with Gasteiger partial charge in [0.1, 0.15) is 0 Å². The number of carbonyl (C=O) groups excluding carboxylic acids is 1. The van der Waals surface area contributed by atoms with Gasteiger partial charge in [0.25, 0.3) is 0 Å². The summed E-state index contributed by atoms with van der Waals surface area (Å²) in [7, 11) is 0. The lowest BCUT2D eigenvalue weighted by Gasteiger charge is -2.29. The minimum Gasteiger partial charge on any atom is -0.347 e. The molecule has 1 fully saturated rings. The lowest BCUT2D eigenvalue weighted by molar-refractivity contribution is -0.125. The Morgan fingerprint density at radius 3 is 3.12 bits per heavy atom. The summed E-state index contributed by atoms with van der Waals surface area (Å²) in [4.78, 5) is 13.4. The molecule has 2 N–H and O–H groups in total. The second kappa shape index (κ2) is 5.65. The van der Waals surface area contributed by atoms with Crippen LogP contribution in [-0.2, 0) is 4.79 Å². The number of thiophene rings is 1. The maximum Gasteiger partial charge on any atom is 0.237 e. The van der Waals surface area contributed by atoms with E-state index in [9.17, 15) is 4.79 Å². The highest BCUT2D eigenvalue weighted by Gasteiger charge is 2.28. The first-order chi connectivity index (χ1) is 8.18. The van der Waals surface area contributed by atoms with Crippen LogP contribution in [0.1, 0.15) is 37.6 Å². The van der Waals surface area contributed by atoms with E-state index in [-0.39, 0.29) is 18.0 Å². The van der Waals surface area contributed by atoms with Gasteiger partial charge in [-0.05, 0) is 43.7 Å². The summed E-state index contributed by atoms with van der Waals surface area (Å²) in [5, 5.41) is 8.44. The summed E-state index contributed by atoms with van der Waals surface area (Å²) in [6.45, 7) is 5.14. The first kappa shape index (κ1) is 12.6. The highest BCUT2D eigenvalue weighted by molar-refractivity contribution is 7.10. The Kier molecular flexibility index (Phi) is 4.18. The lowest BCUT2D eigenvalue weighted by atomic mass is 9.92. The number of nitrogens with one attached hydrogen (secondary N) is 2. The van der Waals surface area contributed by atoms with Crippen molar-refractivity contribution < 1.29 is 4.79 Å². The Morgan fingerprint density at radius 1 is 1.65 bits per heavy atom. The van der Waals surface area contributed by atoms with Gasteiger partial charge in [-0.2, -0.15) is 0 Å². The molecule has 3 nitrogen and oxygen atoms in total. The van der Waals surface area contributed by atoms with Crippen molar-refractivity contribution in [1.82, 2.24) is 10.6 Å². The summed E-state index contributed by atoms with van der Waals surface area (Å²) in [6.07, 6.45) is 2.31. The van der Waals surface area contributed by atoms with Crippen molar-refractivity contribution in [3.63, 3.8) is 0 Å². The SMILES string of the molecule is CC1CCCNC1C(=O)N[C@H](C)c1cccs1. The number of hydrogen-bond donors (Lipinski definition) is 2. The fourth-order valence-electron chi connectivity index (χ4n) is 2.31. The third kappa shape index (κ3) is 3.07. The molecule has 0 radical (unpaired) electrons. The van der Waals surface area contributed by atoms with Gasteiger partial charge >= 0.3 is 0 Å². The minimum atomic E-state index is -0.0221. The zero-order valence-electron chi connectivity index (χ0n) is 10.4. The van der Waals surface area contributed by atoms with Crippen molar-refractivity contribution in [2.75, 3.05) is 6.54 Å². The molecule has 1 amide bonds. The molecule has 3 atom stereocenters. The molecule has 1 saturated heterocycles. The molecule has 0 aromatic carbocycles. The standard InChI is InChI=1S/C13H20N2OS/c1-9-5-3-7-14-12(9)13(16)15-10(2)11-6-4-8-17-11/h4,6,8-10,12,14H,3,5,7H2,1-2H3,(H,15,16)/t9?,10-,12?/m1/s1. The zero-order chi connectivity index (χ0) is 12.3. The summed E-state index contributed by atoms with van der Waals surface area (Å²) in [6, 6.07) is 4.17. The Morgan fingerprint density at radius 2 is 2.47 bits per heavy atom. The van der Waals surface area contributed by atoms with Gasteiger partial charge in [-0.15, -0.1) is 11.3 Å². The Balaban J connectivity index is 1.92. The molecular formula is C13H20N2OS. The van der Waals surface area contributed by atoms with E-state index in [4.69, 9.17) is 0 Å². The average Bonchev–Trinajstić information content (AvgIpc) is 2.82. The molecule has 2 heterocycles. The Bertz CT molecular complexity index is 364. The molecule has 0 aliphatic carbocycles. The molecule has 1 aromatic rings. The van der Waals surface area contributed by atoms with Crippen LogP contribution in [0.25, 0.3) is 0 Å².